The van der Waals surface area contributed by atoms with Crippen molar-refractivity contribution < 1.29 is 0 Å². The zero-order valence-electron chi connectivity index (χ0n) is 5.33. The van der Waals surface area contributed by atoms with E-state index in [4.69, 9.17) is 0 Å². The third kappa shape index (κ3) is 1.72. The highest BCUT2D eigenvalue weighted by Crippen LogP contribution is 2.03. The van der Waals surface area contributed by atoms with Gasteiger partial charge in [0.2, 0.25) is 0 Å². The lowest BCUT2D eigenvalue weighted by Gasteiger charge is -1.92. The van der Waals surface area contributed by atoms with Crippen LogP contribution in [0.3, 0.4) is 0 Å². The number of hydrogen-bond donors (Lipinski definition) is 1. The van der Waals surface area contributed by atoms with Crippen molar-refractivity contribution in [3.8, 4) is 0 Å². The Morgan fingerprint density at radius 2 is 2.33 bits per heavy atom. The lowest BCUT2D eigenvalue weighted by molar-refractivity contribution is 1.02. The molecule has 0 saturated carbocycles. The standard InChI is InChI=1S/C7H9NS/c1-2-6-3-4-7(9)5-8-6/h3-5,9H,2H2,1H3. The van der Waals surface area contributed by atoms with E-state index in [1.165, 1.54) is 0 Å². The third-order valence-corrected chi connectivity index (χ3v) is 1.44. The van der Waals surface area contributed by atoms with Gasteiger partial charge in [-0.05, 0) is 18.6 Å². The van der Waals surface area contributed by atoms with E-state index in [0.717, 1.165) is 17.0 Å². The highest BCUT2D eigenvalue weighted by atomic mass is 32.1. The molecule has 2 heteroatoms. The molecule has 0 aromatic carbocycles. The maximum Gasteiger partial charge on any atom is 0.0404 e. The van der Waals surface area contributed by atoms with Gasteiger partial charge >= 0.3 is 0 Å². The second-order valence-corrected chi connectivity index (χ2v) is 2.38. The topological polar surface area (TPSA) is 12.9 Å². The second-order valence-electron chi connectivity index (χ2n) is 1.86. The van der Waals surface area contributed by atoms with Crippen molar-refractivity contribution in [2.45, 2.75) is 18.2 Å². The fraction of sp³-hybridized carbons (Fsp3) is 0.286. The molecule has 1 heterocycles. The first-order chi connectivity index (χ1) is 4.33. The average Bonchev–Trinajstić information content (AvgIpc) is 1.90. The van der Waals surface area contributed by atoms with Gasteiger partial charge in [0.15, 0.2) is 0 Å². The van der Waals surface area contributed by atoms with E-state index in [9.17, 15) is 0 Å². The minimum Gasteiger partial charge on any atom is -0.260 e. The van der Waals surface area contributed by atoms with E-state index in [2.05, 4.69) is 24.5 Å². The molecule has 0 aliphatic carbocycles. The first-order valence-corrected chi connectivity index (χ1v) is 3.41. The van der Waals surface area contributed by atoms with Gasteiger partial charge in [0.25, 0.3) is 0 Å². The van der Waals surface area contributed by atoms with Gasteiger partial charge in [-0.25, -0.2) is 0 Å². The normalized spacial score (nSPS) is 9.56. The molecule has 0 fully saturated rings. The van der Waals surface area contributed by atoms with Crippen molar-refractivity contribution in [2.75, 3.05) is 0 Å². The van der Waals surface area contributed by atoms with Crippen LogP contribution in [0.1, 0.15) is 12.6 Å². The fourth-order valence-electron chi connectivity index (χ4n) is 0.626. The molecular formula is C7H9NS. The Balaban J connectivity index is 2.88. The zero-order chi connectivity index (χ0) is 6.69. The highest BCUT2D eigenvalue weighted by Gasteiger charge is 1.87. The Kier molecular flexibility index (Phi) is 2.11. The van der Waals surface area contributed by atoms with Crippen molar-refractivity contribution >= 4 is 12.6 Å². The van der Waals surface area contributed by atoms with E-state index in [1.807, 2.05) is 12.1 Å². The van der Waals surface area contributed by atoms with Gasteiger partial charge in [-0.15, -0.1) is 12.6 Å². The minimum atomic E-state index is 0.923. The van der Waals surface area contributed by atoms with Gasteiger partial charge < -0.3 is 0 Å². The van der Waals surface area contributed by atoms with Gasteiger partial charge in [0, 0.05) is 16.8 Å². The quantitative estimate of drug-likeness (QED) is 0.587. The van der Waals surface area contributed by atoms with Crippen LogP contribution in [0.15, 0.2) is 23.2 Å². The van der Waals surface area contributed by atoms with Gasteiger partial charge in [0.05, 0.1) is 0 Å². The number of rotatable bonds is 1. The van der Waals surface area contributed by atoms with Crippen molar-refractivity contribution in [3.63, 3.8) is 0 Å². The summed E-state index contributed by atoms with van der Waals surface area (Å²) in [4.78, 5) is 5.04. The summed E-state index contributed by atoms with van der Waals surface area (Å²) < 4.78 is 0. The van der Waals surface area contributed by atoms with E-state index in [0.29, 0.717) is 0 Å². The summed E-state index contributed by atoms with van der Waals surface area (Å²) in [6.07, 6.45) is 2.76. The average molecular weight is 139 g/mol. The molecule has 0 amide bonds. The van der Waals surface area contributed by atoms with Crippen LogP contribution in [0.25, 0.3) is 0 Å². The first-order valence-electron chi connectivity index (χ1n) is 2.97. The summed E-state index contributed by atoms with van der Waals surface area (Å²) in [6.45, 7) is 2.08. The number of pyridine rings is 1. The Bertz CT molecular complexity index is 181. The molecule has 0 spiro atoms. The maximum absolute atomic E-state index is 4.12. The SMILES string of the molecule is CCc1ccc(S)cn1. The Labute approximate surface area is 60.5 Å². The number of aromatic nitrogens is 1. The van der Waals surface area contributed by atoms with E-state index in [1.54, 1.807) is 6.20 Å². The molecule has 1 nitrogen and oxygen atoms in total. The third-order valence-electron chi connectivity index (χ3n) is 1.17. The van der Waals surface area contributed by atoms with E-state index in [-0.39, 0.29) is 0 Å². The molecule has 0 N–H and O–H groups in total. The predicted molar refractivity (Wildman–Crippen MR) is 40.9 cm³/mol. The van der Waals surface area contributed by atoms with Crippen LogP contribution in [0.5, 0.6) is 0 Å². The molecule has 1 aromatic rings. The lowest BCUT2D eigenvalue weighted by Crippen LogP contribution is -1.83. The van der Waals surface area contributed by atoms with Gasteiger partial charge in [-0.3, -0.25) is 4.98 Å². The molecule has 0 saturated heterocycles. The van der Waals surface area contributed by atoms with Gasteiger partial charge in [-0.2, -0.15) is 0 Å². The Morgan fingerprint density at radius 3 is 2.78 bits per heavy atom. The molecule has 0 aliphatic rings. The fourth-order valence-corrected chi connectivity index (χ4v) is 0.758. The van der Waals surface area contributed by atoms with Gasteiger partial charge in [0.1, 0.15) is 0 Å². The smallest absolute Gasteiger partial charge is 0.0404 e. The molecule has 0 aliphatic heterocycles. The molecule has 9 heavy (non-hydrogen) atoms. The zero-order valence-corrected chi connectivity index (χ0v) is 6.23. The van der Waals surface area contributed by atoms with E-state index >= 15 is 0 Å². The largest absolute Gasteiger partial charge is 0.260 e. The molecule has 1 aromatic heterocycles. The monoisotopic (exact) mass is 139 g/mol. The Hall–Kier alpha value is -0.500. The molecule has 48 valence electrons. The van der Waals surface area contributed by atoms with Gasteiger partial charge in [-0.1, -0.05) is 6.92 Å². The molecule has 0 bridgehead atoms. The van der Waals surface area contributed by atoms with Crippen LogP contribution in [-0.2, 0) is 6.42 Å². The molecule has 0 radical (unpaired) electrons. The minimum absolute atomic E-state index is 0.923. The molecular weight excluding hydrogens is 130 g/mol. The van der Waals surface area contributed by atoms with Crippen LogP contribution in [0.4, 0.5) is 0 Å². The summed E-state index contributed by atoms with van der Waals surface area (Å²) in [5, 5.41) is 0. The maximum atomic E-state index is 4.12. The summed E-state index contributed by atoms with van der Waals surface area (Å²) in [5.74, 6) is 0. The number of hydrogen-bond acceptors (Lipinski definition) is 2. The van der Waals surface area contributed by atoms with E-state index < -0.39 is 0 Å². The van der Waals surface area contributed by atoms with Crippen molar-refractivity contribution in [3.05, 3.63) is 24.0 Å². The summed E-state index contributed by atoms with van der Waals surface area (Å²) in [5.41, 5.74) is 1.12. The summed E-state index contributed by atoms with van der Waals surface area (Å²) in [6, 6.07) is 3.94. The number of aryl methyl sites for hydroxylation is 1. The first kappa shape index (κ1) is 6.62. The molecule has 0 unspecified atom stereocenters. The van der Waals surface area contributed by atoms with Crippen LogP contribution in [0.2, 0.25) is 0 Å². The van der Waals surface area contributed by atoms with Crippen LogP contribution in [0, 0.1) is 0 Å². The molecule has 1 rings (SSSR count). The van der Waals surface area contributed by atoms with Crippen molar-refractivity contribution in [2.24, 2.45) is 0 Å². The predicted octanol–water partition coefficient (Wildman–Crippen LogP) is 1.93. The van der Waals surface area contributed by atoms with Crippen molar-refractivity contribution in [1.29, 1.82) is 0 Å². The lowest BCUT2D eigenvalue weighted by atomic mass is 10.3. The van der Waals surface area contributed by atoms with Crippen LogP contribution >= 0.6 is 12.6 Å². The van der Waals surface area contributed by atoms with Crippen molar-refractivity contribution in [1.82, 2.24) is 4.98 Å². The van der Waals surface area contributed by atoms with Crippen LogP contribution < -0.4 is 0 Å². The Morgan fingerprint density at radius 1 is 1.56 bits per heavy atom. The second kappa shape index (κ2) is 2.87. The van der Waals surface area contributed by atoms with Crippen LogP contribution in [-0.4, -0.2) is 4.98 Å². The number of thiol groups is 1. The molecule has 0 atom stereocenters. The summed E-state index contributed by atoms with van der Waals surface area (Å²) >= 11 is 4.11. The number of nitrogens with zero attached hydrogens (tertiary/aromatic N) is 1. The highest BCUT2D eigenvalue weighted by molar-refractivity contribution is 7.80. The summed E-state index contributed by atoms with van der Waals surface area (Å²) in [7, 11) is 0.